The SMILES string of the molecule is Cc1cc(C(=O)n2ccccc2=NC2CCCCC2)c2nc3n(c2n1)CCCCC3. The molecule has 0 bridgehead atoms. The summed E-state index contributed by atoms with van der Waals surface area (Å²) in [5.41, 5.74) is 3.77. The van der Waals surface area contributed by atoms with Crippen LogP contribution in [0.25, 0.3) is 11.2 Å². The smallest absolute Gasteiger partial charge is 0.265 e. The van der Waals surface area contributed by atoms with Gasteiger partial charge < -0.3 is 4.57 Å². The molecule has 1 aliphatic heterocycles. The van der Waals surface area contributed by atoms with Crippen molar-refractivity contribution in [2.75, 3.05) is 0 Å². The molecule has 30 heavy (non-hydrogen) atoms. The molecule has 0 aromatic carbocycles. The molecule has 1 fully saturated rings. The molecule has 0 N–H and O–H groups in total. The van der Waals surface area contributed by atoms with Crippen molar-refractivity contribution in [1.82, 2.24) is 19.1 Å². The van der Waals surface area contributed by atoms with E-state index in [2.05, 4.69) is 4.57 Å². The van der Waals surface area contributed by atoms with Gasteiger partial charge in [0.25, 0.3) is 5.91 Å². The van der Waals surface area contributed by atoms with Gasteiger partial charge in [-0.1, -0.05) is 31.7 Å². The molecule has 6 heteroatoms. The summed E-state index contributed by atoms with van der Waals surface area (Å²) in [7, 11) is 0. The Morgan fingerprint density at radius 2 is 1.90 bits per heavy atom. The van der Waals surface area contributed by atoms with E-state index in [1.807, 2.05) is 37.4 Å². The Balaban J connectivity index is 1.62. The van der Waals surface area contributed by atoms with Crippen LogP contribution >= 0.6 is 0 Å². The van der Waals surface area contributed by atoms with Gasteiger partial charge in [-0.15, -0.1) is 0 Å². The average molecular weight is 404 g/mol. The van der Waals surface area contributed by atoms with Gasteiger partial charge in [0.15, 0.2) is 5.65 Å². The van der Waals surface area contributed by atoms with E-state index in [0.29, 0.717) is 11.6 Å². The fourth-order valence-electron chi connectivity index (χ4n) is 4.82. The van der Waals surface area contributed by atoms with E-state index in [0.717, 1.165) is 66.8 Å². The van der Waals surface area contributed by atoms with Crippen LogP contribution in [0.2, 0.25) is 0 Å². The maximum Gasteiger partial charge on any atom is 0.265 e. The molecular weight excluding hydrogens is 374 g/mol. The predicted molar refractivity (Wildman–Crippen MR) is 116 cm³/mol. The second kappa shape index (κ2) is 8.17. The molecule has 6 nitrogen and oxygen atoms in total. The summed E-state index contributed by atoms with van der Waals surface area (Å²) >= 11 is 0. The number of pyridine rings is 2. The molecule has 2 aliphatic rings. The zero-order valence-electron chi connectivity index (χ0n) is 17.7. The fourth-order valence-corrected chi connectivity index (χ4v) is 4.82. The summed E-state index contributed by atoms with van der Waals surface area (Å²) in [6.45, 7) is 2.88. The Morgan fingerprint density at radius 3 is 2.77 bits per heavy atom. The van der Waals surface area contributed by atoms with Gasteiger partial charge in [0.2, 0.25) is 0 Å². The molecule has 0 saturated heterocycles. The lowest BCUT2D eigenvalue weighted by atomic mass is 9.96. The number of fused-ring (bicyclic) bond motifs is 3. The quantitative estimate of drug-likeness (QED) is 0.644. The van der Waals surface area contributed by atoms with E-state index in [9.17, 15) is 4.79 Å². The lowest BCUT2D eigenvalue weighted by Gasteiger charge is -2.17. The van der Waals surface area contributed by atoms with E-state index in [1.54, 1.807) is 4.57 Å². The van der Waals surface area contributed by atoms with Crippen LogP contribution in [0, 0.1) is 6.92 Å². The first-order chi connectivity index (χ1) is 14.7. The number of imidazole rings is 1. The van der Waals surface area contributed by atoms with Gasteiger partial charge >= 0.3 is 0 Å². The van der Waals surface area contributed by atoms with Crippen LogP contribution in [-0.4, -0.2) is 31.1 Å². The lowest BCUT2D eigenvalue weighted by molar-refractivity contribution is 0.0955. The van der Waals surface area contributed by atoms with Crippen LogP contribution in [0.1, 0.15) is 73.2 Å². The van der Waals surface area contributed by atoms with E-state index in [4.69, 9.17) is 15.0 Å². The van der Waals surface area contributed by atoms with Crippen LogP contribution in [0.5, 0.6) is 0 Å². The van der Waals surface area contributed by atoms with Crippen molar-refractivity contribution < 1.29 is 4.79 Å². The third-order valence-corrected chi connectivity index (χ3v) is 6.37. The Morgan fingerprint density at radius 1 is 1.07 bits per heavy atom. The summed E-state index contributed by atoms with van der Waals surface area (Å²) in [4.78, 5) is 28.3. The standard InChI is InChI=1S/C24H29N5O/c1-17-16-19(22-23(25-17)28-14-8-3-6-12-21(28)27-22)24(30)29-15-9-7-13-20(29)26-18-10-4-2-5-11-18/h7,9,13,15-16,18H,2-6,8,10-12,14H2,1H3. The second-order valence-corrected chi connectivity index (χ2v) is 8.63. The molecule has 4 heterocycles. The van der Waals surface area contributed by atoms with E-state index in [-0.39, 0.29) is 5.91 Å². The van der Waals surface area contributed by atoms with Crippen LogP contribution < -0.4 is 5.49 Å². The van der Waals surface area contributed by atoms with Crippen molar-refractivity contribution in [3.05, 3.63) is 53.0 Å². The Kier molecular flexibility index (Phi) is 5.23. The van der Waals surface area contributed by atoms with Gasteiger partial charge in [-0.3, -0.25) is 14.4 Å². The molecule has 0 spiro atoms. The summed E-state index contributed by atoms with van der Waals surface area (Å²) in [6, 6.07) is 7.98. The molecule has 1 aliphatic carbocycles. The highest BCUT2D eigenvalue weighted by molar-refractivity contribution is 6.05. The van der Waals surface area contributed by atoms with Gasteiger partial charge in [-0.05, 0) is 50.8 Å². The molecule has 5 rings (SSSR count). The molecule has 0 atom stereocenters. The van der Waals surface area contributed by atoms with E-state index in [1.165, 1.54) is 25.7 Å². The van der Waals surface area contributed by atoms with Crippen molar-refractivity contribution in [2.45, 2.75) is 77.3 Å². The third-order valence-electron chi connectivity index (χ3n) is 6.37. The summed E-state index contributed by atoms with van der Waals surface area (Å²) in [5, 5.41) is 0. The Bertz CT molecular complexity index is 1150. The monoisotopic (exact) mass is 403 g/mol. The van der Waals surface area contributed by atoms with Crippen LogP contribution in [0.15, 0.2) is 35.5 Å². The van der Waals surface area contributed by atoms with E-state index < -0.39 is 0 Å². The van der Waals surface area contributed by atoms with Crippen LogP contribution in [0.3, 0.4) is 0 Å². The maximum atomic E-state index is 13.7. The molecule has 3 aromatic rings. The first-order valence-electron chi connectivity index (χ1n) is 11.3. The van der Waals surface area contributed by atoms with Crippen molar-refractivity contribution in [1.29, 1.82) is 0 Å². The van der Waals surface area contributed by atoms with Gasteiger partial charge in [-0.25, -0.2) is 9.97 Å². The first kappa shape index (κ1) is 19.2. The minimum Gasteiger partial charge on any atom is -0.313 e. The van der Waals surface area contributed by atoms with Gasteiger partial charge in [0.05, 0.1) is 11.6 Å². The predicted octanol–water partition coefficient (Wildman–Crippen LogP) is 4.19. The lowest BCUT2D eigenvalue weighted by Crippen LogP contribution is -2.29. The zero-order valence-corrected chi connectivity index (χ0v) is 17.7. The van der Waals surface area contributed by atoms with Gasteiger partial charge in [0.1, 0.15) is 16.8 Å². The molecular formula is C24H29N5O. The molecule has 1 saturated carbocycles. The van der Waals surface area contributed by atoms with Crippen molar-refractivity contribution >= 4 is 17.1 Å². The topological polar surface area (TPSA) is 65.1 Å². The van der Waals surface area contributed by atoms with Crippen molar-refractivity contribution in [3.8, 4) is 0 Å². The normalized spacial score (nSPS) is 18.4. The fraction of sp³-hybridized carbons (Fsp3) is 0.500. The van der Waals surface area contributed by atoms with Gasteiger partial charge in [0, 0.05) is 24.9 Å². The number of aromatic nitrogens is 4. The number of hydrogen-bond donors (Lipinski definition) is 0. The molecule has 0 unspecified atom stereocenters. The second-order valence-electron chi connectivity index (χ2n) is 8.63. The first-order valence-corrected chi connectivity index (χ1v) is 11.3. The minimum atomic E-state index is -0.0751. The number of hydrogen-bond acceptors (Lipinski definition) is 4. The summed E-state index contributed by atoms with van der Waals surface area (Å²) in [6.07, 6.45) is 12.2. The highest BCUT2D eigenvalue weighted by Crippen LogP contribution is 2.24. The Hall–Kier alpha value is -2.76. The van der Waals surface area contributed by atoms with E-state index >= 15 is 0 Å². The zero-order chi connectivity index (χ0) is 20.5. The van der Waals surface area contributed by atoms with Crippen LogP contribution in [-0.2, 0) is 13.0 Å². The van der Waals surface area contributed by atoms with Crippen molar-refractivity contribution in [2.24, 2.45) is 4.99 Å². The number of nitrogens with zero attached hydrogens (tertiary/aromatic N) is 5. The number of rotatable bonds is 2. The molecule has 0 amide bonds. The third kappa shape index (κ3) is 3.59. The summed E-state index contributed by atoms with van der Waals surface area (Å²) < 4.78 is 3.91. The minimum absolute atomic E-state index is 0.0751. The number of carbonyl (C=O) groups is 1. The van der Waals surface area contributed by atoms with Crippen molar-refractivity contribution in [3.63, 3.8) is 0 Å². The summed E-state index contributed by atoms with van der Waals surface area (Å²) in [5.74, 6) is 0.980. The largest absolute Gasteiger partial charge is 0.313 e. The van der Waals surface area contributed by atoms with Gasteiger partial charge in [-0.2, -0.15) is 0 Å². The Labute approximate surface area is 176 Å². The highest BCUT2D eigenvalue weighted by atomic mass is 16.2. The average Bonchev–Trinajstić information content (AvgIpc) is 2.94. The highest BCUT2D eigenvalue weighted by Gasteiger charge is 2.22. The number of carbonyl (C=O) groups excluding carboxylic acids is 1. The number of aryl methyl sites for hydroxylation is 3. The molecule has 156 valence electrons. The molecule has 0 radical (unpaired) electrons. The molecule has 3 aromatic heterocycles. The maximum absolute atomic E-state index is 13.7. The van der Waals surface area contributed by atoms with Crippen LogP contribution in [0.4, 0.5) is 0 Å².